The van der Waals surface area contributed by atoms with Crippen LogP contribution in [0.4, 0.5) is 0 Å². The number of hydrogen-bond acceptors (Lipinski definition) is 3. The van der Waals surface area contributed by atoms with Gasteiger partial charge in [0, 0.05) is 11.8 Å². The lowest BCUT2D eigenvalue weighted by Gasteiger charge is -2.27. The first-order valence-corrected chi connectivity index (χ1v) is 5.75. The normalized spacial score (nSPS) is 12.9. The van der Waals surface area contributed by atoms with Gasteiger partial charge in [-0.05, 0) is 17.5 Å². The van der Waals surface area contributed by atoms with Crippen molar-refractivity contribution < 1.29 is 14.7 Å². The van der Waals surface area contributed by atoms with E-state index in [9.17, 15) is 9.59 Å². The number of carbonyl (C=O) groups is 2. The maximum atomic E-state index is 11.9. The second kappa shape index (κ2) is 5.35. The fourth-order valence-electron chi connectivity index (χ4n) is 1.41. The third-order valence-corrected chi connectivity index (χ3v) is 2.58. The van der Waals surface area contributed by atoms with Crippen molar-refractivity contribution in [2.24, 2.45) is 5.41 Å². The van der Waals surface area contributed by atoms with Crippen molar-refractivity contribution in [3.63, 3.8) is 0 Å². The van der Waals surface area contributed by atoms with Gasteiger partial charge in [0.15, 0.2) is 0 Å². The number of nitrogens with one attached hydrogen (secondary N) is 1. The minimum absolute atomic E-state index is 0.185. The van der Waals surface area contributed by atoms with E-state index < -0.39 is 23.3 Å². The predicted octanol–water partition coefficient (Wildman–Crippen LogP) is 1.96. The molecule has 0 fully saturated rings. The highest BCUT2D eigenvalue weighted by atomic mass is 35.5. The van der Waals surface area contributed by atoms with Gasteiger partial charge >= 0.3 is 5.97 Å². The lowest BCUT2D eigenvalue weighted by molar-refractivity contribution is -0.142. The molecule has 0 saturated carbocycles. The Morgan fingerprint density at radius 1 is 1.44 bits per heavy atom. The molecule has 1 heterocycles. The predicted molar refractivity (Wildman–Crippen MR) is 67.6 cm³/mol. The highest BCUT2D eigenvalue weighted by Crippen LogP contribution is 2.20. The van der Waals surface area contributed by atoms with Gasteiger partial charge in [-0.15, -0.1) is 0 Å². The molecular weight excluding hydrogens is 256 g/mol. The van der Waals surface area contributed by atoms with Crippen molar-refractivity contribution >= 4 is 23.5 Å². The van der Waals surface area contributed by atoms with Gasteiger partial charge < -0.3 is 10.4 Å². The van der Waals surface area contributed by atoms with Crippen molar-refractivity contribution in [1.82, 2.24) is 10.3 Å². The van der Waals surface area contributed by atoms with E-state index in [1.54, 1.807) is 20.8 Å². The third-order valence-electron chi connectivity index (χ3n) is 2.38. The van der Waals surface area contributed by atoms with E-state index in [1.807, 2.05) is 0 Å². The van der Waals surface area contributed by atoms with Gasteiger partial charge in [-0.3, -0.25) is 4.79 Å². The Hall–Kier alpha value is -1.62. The maximum absolute atomic E-state index is 11.9. The molecule has 6 heteroatoms. The number of aliphatic carboxylic acids is 1. The quantitative estimate of drug-likeness (QED) is 0.823. The van der Waals surface area contributed by atoms with Gasteiger partial charge in [-0.1, -0.05) is 32.4 Å². The van der Waals surface area contributed by atoms with Crippen LogP contribution in [0.5, 0.6) is 0 Å². The molecule has 1 amide bonds. The Morgan fingerprint density at radius 2 is 2.06 bits per heavy atom. The Balaban J connectivity index is 2.89. The zero-order valence-corrected chi connectivity index (χ0v) is 11.2. The second-order valence-corrected chi connectivity index (χ2v) is 5.37. The van der Waals surface area contributed by atoms with Crippen LogP contribution in [0.25, 0.3) is 0 Å². The first kappa shape index (κ1) is 14.4. The van der Waals surface area contributed by atoms with E-state index in [-0.39, 0.29) is 10.7 Å². The molecule has 0 aliphatic heterocycles. The Labute approximate surface area is 110 Å². The number of pyridine rings is 1. The van der Waals surface area contributed by atoms with Gasteiger partial charge in [0.1, 0.15) is 11.2 Å². The average molecular weight is 271 g/mol. The topological polar surface area (TPSA) is 79.3 Å². The lowest BCUT2D eigenvalue weighted by atomic mass is 9.86. The standard InChI is InChI=1S/C12H15ClN2O3/c1-12(2,3)9(11(17)18)15-10(16)7-4-5-14-8(13)6-7/h4-6,9H,1-3H3,(H,15,16)(H,17,18)/t9-/m1/s1. The van der Waals surface area contributed by atoms with Crippen LogP contribution in [0.1, 0.15) is 31.1 Å². The summed E-state index contributed by atoms with van der Waals surface area (Å²) < 4.78 is 0. The fourth-order valence-corrected chi connectivity index (χ4v) is 1.58. The number of hydrogen-bond donors (Lipinski definition) is 2. The minimum Gasteiger partial charge on any atom is -0.480 e. The van der Waals surface area contributed by atoms with Crippen molar-refractivity contribution in [3.05, 3.63) is 29.0 Å². The van der Waals surface area contributed by atoms with Gasteiger partial charge in [0.2, 0.25) is 0 Å². The second-order valence-electron chi connectivity index (χ2n) is 4.98. The number of carbonyl (C=O) groups excluding carboxylic acids is 1. The molecule has 18 heavy (non-hydrogen) atoms. The monoisotopic (exact) mass is 270 g/mol. The van der Waals surface area contributed by atoms with E-state index in [2.05, 4.69) is 10.3 Å². The summed E-state index contributed by atoms with van der Waals surface area (Å²) in [6.45, 7) is 5.22. The largest absolute Gasteiger partial charge is 0.480 e. The highest BCUT2D eigenvalue weighted by molar-refractivity contribution is 6.29. The van der Waals surface area contributed by atoms with E-state index in [1.165, 1.54) is 18.3 Å². The van der Waals surface area contributed by atoms with E-state index in [0.29, 0.717) is 0 Å². The molecule has 1 aromatic rings. The van der Waals surface area contributed by atoms with Gasteiger partial charge in [-0.2, -0.15) is 0 Å². The SMILES string of the molecule is CC(C)(C)[C@H](NC(=O)c1ccnc(Cl)c1)C(=O)O. The summed E-state index contributed by atoms with van der Waals surface area (Å²) in [5, 5.41) is 11.8. The van der Waals surface area contributed by atoms with Gasteiger partial charge in [-0.25, -0.2) is 9.78 Å². The first-order valence-electron chi connectivity index (χ1n) is 5.37. The number of amides is 1. The summed E-state index contributed by atoms with van der Waals surface area (Å²) in [6, 6.07) is 1.89. The zero-order chi connectivity index (χ0) is 13.9. The van der Waals surface area contributed by atoms with E-state index in [4.69, 9.17) is 16.7 Å². The Morgan fingerprint density at radius 3 is 2.50 bits per heavy atom. The smallest absolute Gasteiger partial charge is 0.326 e. The molecule has 0 saturated heterocycles. The number of halogens is 1. The van der Waals surface area contributed by atoms with E-state index >= 15 is 0 Å². The molecule has 1 atom stereocenters. The summed E-state index contributed by atoms with van der Waals surface area (Å²) in [5.41, 5.74) is -0.302. The molecule has 98 valence electrons. The molecule has 0 radical (unpaired) electrons. The first-order chi connectivity index (χ1) is 8.21. The average Bonchev–Trinajstić information content (AvgIpc) is 2.23. The highest BCUT2D eigenvalue weighted by Gasteiger charge is 2.32. The van der Waals surface area contributed by atoms with Crippen molar-refractivity contribution in [3.8, 4) is 0 Å². The molecule has 1 aromatic heterocycles. The molecule has 0 spiro atoms. The lowest BCUT2D eigenvalue weighted by Crippen LogP contribution is -2.49. The van der Waals surface area contributed by atoms with Crippen molar-refractivity contribution in [2.75, 3.05) is 0 Å². The number of carboxylic acids is 1. The van der Waals surface area contributed by atoms with Crippen LogP contribution in [-0.2, 0) is 4.79 Å². The third kappa shape index (κ3) is 3.70. The van der Waals surface area contributed by atoms with Crippen LogP contribution in [0.2, 0.25) is 5.15 Å². The van der Waals surface area contributed by atoms with E-state index in [0.717, 1.165) is 0 Å². The summed E-state index contributed by atoms with van der Waals surface area (Å²) in [5.74, 6) is -1.56. The summed E-state index contributed by atoms with van der Waals surface area (Å²) in [4.78, 5) is 26.8. The van der Waals surface area contributed by atoms with Crippen LogP contribution >= 0.6 is 11.6 Å². The van der Waals surface area contributed by atoms with Crippen LogP contribution in [0.15, 0.2) is 18.3 Å². The molecule has 5 nitrogen and oxygen atoms in total. The molecular formula is C12H15ClN2O3. The maximum Gasteiger partial charge on any atom is 0.326 e. The zero-order valence-electron chi connectivity index (χ0n) is 10.4. The number of aromatic nitrogens is 1. The van der Waals surface area contributed by atoms with Crippen LogP contribution in [0, 0.1) is 5.41 Å². The van der Waals surface area contributed by atoms with Crippen LogP contribution < -0.4 is 5.32 Å². The number of carboxylic acid groups (broad SMARTS) is 1. The molecule has 0 bridgehead atoms. The molecule has 0 aliphatic carbocycles. The van der Waals surface area contributed by atoms with Crippen LogP contribution in [0.3, 0.4) is 0 Å². The molecule has 1 rings (SSSR count). The summed E-state index contributed by atoms with van der Waals surface area (Å²) >= 11 is 5.67. The number of rotatable bonds is 3. The fraction of sp³-hybridized carbons (Fsp3) is 0.417. The van der Waals surface area contributed by atoms with Gasteiger partial charge in [0.05, 0.1) is 0 Å². The molecule has 0 aliphatic rings. The molecule has 0 unspecified atom stereocenters. The Kier molecular flexibility index (Phi) is 4.29. The Bertz CT molecular complexity index is 469. The molecule has 2 N–H and O–H groups in total. The number of nitrogens with zero attached hydrogens (tertiary/aromatic N) is 1. The summed E-state index contributed by atoms with van der Waals surface area (Å²) in [7, 11) is 0. The van der Waals surface area contributed by atoms with Crippen molar-refractivity contribution in [1.29, 1.82) is 0 Å². The molecule has 0 aromatic carbocycles. The summed E-state index contributed by atoms with van der Waals surface area (Å²) in [6.07, 6.45) is 1.39. The van der Waals surface area contributed by atoms with Gasteiger partial charge in [0.25, 0.3) is 5.91 Å². The van der Waals surface area contributed by atoms with Crippen molar-refractivity contribution in [2.45, 2.75) is 26.8 Å². The minimum atomic E-state index is -1.07. The van der Waals surface area contributed by atoms with Crippen LogP contribution in [-0.4, -0.2) is 28.0 Å².